The Hall–Kier alpha value is -3.26. The van der Waals surface area contributed by atoms with E-state index in [1.807, 2.05) is 0 Å². The summed E-state index contributed by atoms with van der Waals surface area (Å²) < 4.78 is 41.3. The van der Waals surface area contributed by atoms with Gasteiger partial charge in [-0.3, -0.25) is 14.5 Å². The molecule has 1 amide bonds. The molecule has 2 N–H and O–H groups in total. The lowest BCUT2D eigenvalue weighted by molar-refractivity contribution is 0.0951. The third kappa shape index (κ3) is 5.39. The van der Waals surface area contributed by atoms with E-state index in [4.69, 9.17) is 0 Å². The van der Waals surface area contributed by atoms with Gasteiger partial charge < -0.3 is 5.32 Å². The molecule has 150 valence electrons. The van der Waals surface area contributed by atoms with Crippen LogP contribution in [0.3, 0.4) is 0 Å². The van der Waals surface area contributed by atoms with Gasteiger partial charge in [0.1, 0.15) is 10.7 Å². The Labute approximate surface area is 168 Å². The normalized spacial score (nSPS) is 11.1. The number of nitrogens with one attached hydrogen (secondary N) is 2. The molecule has 0 fully saturated rings. The van der Waals surface area contributed by atoms with E-state index in [0.29, 0.717) is 12.1 Å². The Balaban J connectivity index is 1.74. The summed E-state index contributed by atoms with van der Waals surface area (Å²) in [5.41, 5.74) is 1.87. The molecule has 6 nitrogen and oxygen atoms in total. The Morgan fingerprint density at radius 2 is 1.86 bits per heavy atom. The number of anilines is 1. The quantitative estimate of drug-likeness (QED) is 0.622. The second-order valence-corrected chi connectivity index (χ2v) is 8.14. The standard InChI is InChI=1S/C21H20FN3O3S/c1-15-11-18(14-23-13-15)25-29(27,28)20-8-3-2-7-19(20)21(26)24-10-9-16-5-4-6-17(22)12-16/h2-8,11-14,25H,9-10H2,1H3,(H,24,26). The van der Waals surface area contributed by atoms with Gasteiger partial charge in [0, 0.05) is 12.7 Å². The Kier molecular flexibility index (Phi) is 6.23. The first-order valence-electron chi connectivity index (χ1n) is 8.91. The molecule has 0 aliphatic heterocycles. The molecule has 0 unspecified atom stereocenters. The molecular formula is C21H20FN3O3S. The van der Waals surface area contributed by atoms with Crippen molar-refractivity contribution in [2.24, 2.45) is 0 Å². The number of sulfonamides is 1. The molecule has 2 aromatic carbocycles. The van der Waals surface area contributed by atoms with Crippen LogP contribution >= 0.6 is 0 Å². The molecule has 0 radical (unpaired) electrons. The van der Waals surface area contributed by atoms with Crippen LogP contribution in [0.15, 0.2) is 71.9 Å². The molecule has 0 bridgehead atoms. The molecule has 0 atom stereocenters. The van der Waals surface area contributed by atoms with Crippen LogP contribution < -0.4 is 10.0 Å². The number of benzene rings is 2. The number of carbonyl (C=O) groups excluding carboxylic acids is 1. The summed E-state index contributed by atoms with van der Waals surface area (Å²) in [5, 5.41) is 2.69. The zero-order valence-corrected chi connectivity index (χ0v) is 16.5. The van der Waals surface area contributed by atoms with E-state index in [0.717, 1.165) is 11.1 Å². The molecule has 0 saturated carbocycles. The lowest BCUT2D eigenvalue weighted by Crippen LogP contribution is -2.28. The molecule has 8 heteroatoms. The van der Waals surface area contributed by atoms with Crippen LogP contribution in [0, 0.1) is 12.7 Å². The van der Waals surface area contributed by atoms with Crippen molar-refractivity contribution in [1.82, 2.24) is 10.3 Å². The minimum atomic E-state index is -3.99. The fourth-order valence-corrected chi connectivity index (χ4v) is 4.06. The second kappa shape index (κ2) is 8.83. The number of aromatic nitrogens is 1. The fraction of sp³-hybridized carbons (Fsp3) is 0.143. The van der Waals surface area contributed by atoms with Gasteiger partial charge in [-0.25, -0.2) is 12.8 Å². The summed E-state index contributed by atoms with van der Waals surface area (Å²) in [6.45, 7) is 2.04. The van der Waals surface area contributed by atoms with E-state index < -0.39 is 15.9 Å². The van der Waals surface area contributed by atoms with E-state index in [9.17, 15) is 17.6 Å². The van der Waals surface area contributed by atoms with Gasteiger partial charge in [-0.15, -0.1) is 0 Å². The van der Waals surface area contributed by atoms with E-state index in [1.165, 1.54) is 30.5 Å². The molecule has 0 spiro atoms. The number of pyridine rings is 1. The van der Waals surface area contributed by atoms with Gasteiger partial charge >= 0.3 is 0 Å². The summed E-state index contributed by atoms with van der Waals surface area (Å²) in [5.74, 6) is -0.869. The summed E-state index contributed by atoms with van der Waals surface area (Å²) in [4.78, 5) is 16.4. The maximum atomic E-state index is 13.2. The van der Waals surface area contributed by atoms with Crippen LogP contribution in [-0.2, 0) is 16.4 Å². The van der Waals surface area contributed by atoms with E-state index in [-0.39, 0.29) is 22.8 Å². The number of aryl methyl sites for hydroxylation is 1. The zero-order chi connectivity index (χ0) is 20.9. The van der Waals surface area contributed by atoms with Crippen molar-refractivity contribution in [3.05, 3.63) is 89.5 Å². The minimum absolute atomic E-state index is 0.0276. The van der Waals surface area contributed by atoms with Crippen molar-refractivity contribution in [1.29, 1.82) is 0 Å². The SMILES string of the molecule is Cc1cncc(NS(=O)(=O)c2ccccc2C(=O)NCCc2cccc(F)c2)c1. The average Bonchev–Trinajstić information content (AvgIpc) is 2.68. The summed E-state index contributed by atoms with van der Waals surface area (Å²) >= 11 is 0. The van der Waals surface area contributed by atoms with Gasteiger partial charge in [0.2, 0.25) is 0 Å². The first-order valence-corrected chi connectivity index (χ1v) is 10.4. The highest BCUT2D eigenvalue weighted by atomic mass is 32.2. The highest BCUT2D eigenvalue weighted by Gasteiger charge is 2.22. The van der Waals surface area contributed by atoms with Crippen molar-refractivity contribution in [2.45, 2.75) is 18.2 Å². The lowest BCUT2D eigenvalue weighted by atomic mass is 10.1. The van der Waals surface area contributed by atoms with Crippen LogP contribution in [0.4, 0.5) is 10.1 Å². The largest absolute Gasteiger partial charge is 0.352 e. The van der Waals surface area contributed by atoms with E-state index in [1.54, 1.807) is 43.5 Å². The van der Waals surface area contributed by atoms with Crippen LogP contribution in [0.1, 0.15) is 21.5 Å². The highest BCUT2D eigenvalue weighted by molar-refractivity contribution is 7.92. The van der Waals surface area contributed by atoms with Crippen molar-refractivity contribution in [3.63, 3.8) is 0 Å². The van der Waals surface area contributed by atoms with Crippen molar-refractivity contribution in [3.8, 4) is 0 Å². The van der Waals surface area contributed by atoms with Gasteiger partial charge in [-0.2, -0.15) is 0 Å². The van der Waals surface area contributed by atoms with Crippen LogP contribution in [0.2, 0.25) is 0 Å². The number of amides is 1. The first kappa shape index (κ1) is 20.5. The van der Waals surface area contributed by atoms with Gasteiger partial charge in [-0.05, 0) is 54.8 Å². The number of hydrogen-bond acceptors (Lipinski definition) is 4. The summed E-state index contributed by atoms with van der Waals surface area (Å²) in [7, 11) is -3.99. The van der Waals surface area contributed by atoms with E-state index >= 15 is 0 Å². The number of rotatable bonds is 7. The predicted octanol–water partition coefficient (Wildman–Crippen LogP) is 3.30. The number of carbonyl (C=O) groups is 1. The second-order valence-electron chi connectivity index (χ2n) is 6.49. The first-order chi connectivity index (χ1) is 13.8. The third-order valence-corrected chi connectivity index (χ3v) is 5.58. The zero-order valence-electron chi connectivity index (χ0n) is 15.7. The lowest BCUT2D eigenvalue weighted by Gasteiger charge is -2.13. The molecule has 3 aromatic rings. The van der Waals surface area contributed by atoms with Gasteiger partial charge in [0.15, 0.2) is 0 Å². The minimum Gasteiger partial charge on any atom is -0.352 e. The third-order valence-electron chi connectivity index (χ3n) is 4.14. The highest BCUT2D eigenvalue weighted by Crippen LogP contribution is 2.20. The average molecular weight is 413 g/mol. The molecule has 0 saturated heterocycles. The fourth-order valence-electron chi connectivity index (χ4n) is 2.82. The summed E-state index contributed by atoms with van der Waals surface area (Å²) in [6, 6.07) is 13.7. The predicted molar refractivity (Wildman–Crippen MR) is 109 cm³/mol. The number of hydrogen-bond donors (Lipinski definition) is 2. The maximum Gasteiger partial charge on any atom is 0.262 e. The molecule has 3 rings (SSSR count). The van der Waals surface area contributed by atoms with Gasteiger partial charge in [0.25, 0.3) is 15.9 Å². The Morgan fingerprint density at radius 3 is 2.62 bits per heavy atom. The van der Waals surface area contributed by atoms with E-state index in [2.05, 4.69) is 15.0 Å². The number of halogens is 1. The molecule has 29 heavy (non-hydrogen) atoms. The van der Waals surface area contributed by atoms with Crippen molar-refractivity contribution >= 4 is 21.6 Å². The Bertz CT molecular complexity index is 1130. The van der Waals surface area contributed by atoms with Crippen LogP contribution in [0.25, 0.3) is 0 Å². The topological polar surface area (TPSA) is 88.2 Å². The van der Waals surface area contributed by atoms with Gasteiger partial charge in [-0.1, -0.05) is 24.3 Å². The number of nitrogens with zero attached hydrogens (tertiary/aromatic N) is 1. The van der Waals surface area contributed by atoms with Gasteiger partial charge in [0.05, 0.1) is 17.4 Å². The molecule has 0 aliphatic rings. The van der Waals surface area contributed by atoms with Crippen molar-refractivity contribution < 1.29 is 17.6 Å². The summed E-state index contributed by atoms with van der Waals surface area (Å²) in [6.07, 6.45) is 3.43. The van der Waals surface area contributed by atoms with Crippen molar-refractivity contribution in [2.75, 3.05) is 11.3 Å². The molecule has 1 aromatic heterocycles. The van der Waals surface area contributed by atoms with Crippen LogP contribution in [0.5, 0.6) is 0 Å². The monoisotopic (exact) mass is 413 g/mol. The molecule has 1 heterocycles. The Morgan fingerprint density at radius 1 is 1.07 bits per heavy atom. The van der Waals surface area contributed by atoms with Crippen LogP contribution in [-0.4, -0.2) is 25.9 Å². The maximum absolute atomic E-state index is 13.2. The molecular weight excluding hydrogens is 393 g/mol. The molecule has 0 aliphatic carbocycles. The smallest absolute Gasteiger partial charge is 0.262 e.